The van der Waals surface area contributed by atoms with Crippen LogP contribution < -0.4 is 5.32 Å². The molecule has 1 atom stereocenters. The Labute approximate surface area is 148 Å². The molecule has 3 rings (SSSR count). The van der Waals surface area contributed by atoms with E-state index in [2.05, 4.69) is 10.3 Å². The fraction of sp³-hybridized carbons (Fsp3) is 0.350. The second-order valence-electron chi connectivity index (χ2n) is 6.26. The highest BCUT2D eigenvalue weighted by atomic mass is 16.2. The van der Waals surface area contributed by atoms with E-state index in [0.717, 1.165) is 17.7 Å². The molecule has 25 heavy (non-hydrogen) atoms. The predicted octanol–water partition coefficient (Wildman–Crippen LogP) is 1.97. The number of nitrogens with one attached hydrogen (secondary N) is 1. The van der Waals surface area contributed by atoms with Crippen LogP contribution in [0.3, 0.4) is 0 Å². The largest absolute Gasteiger partial charge is 0.354 e. The highest BCUT2D eigenvalue weighted by Crippen LogP contribution is 2.15. The summed E-state index contributed by atoms with van der Waals surface area (Å²) < 4.78 is 0. The van der Waals surface area contributed by atoms with Crippen molar-refractivity contribution in [2.24, 2.45) is 0 Å². The van der Waals surface area contributed by atoms with Crippen LogP contribution in [0.15, 0.2) is 54.7 Å². The molecule has 1 N–H and O–H groups in total. The molecule has 0 saturated carbocycles. The van der Waals surface area contributed by atoms with E-state index in [1.807, 2.05) is 48.5 Å². The van der Waals surface area contributed by atoms with Crippen LogP contribution in [0.2, 0.25) is 0 Å². The van der Waals surface area contributed by atoms with Crippen molar-refractivity contribution in [2.45, 2.75) is 31.7 Å². The molecule has 0 spiro atoms. The standard InChI is InChI=1S/C20H23N3O2/c24-19(11-10-17-9-4-5-12-21-17)23-14-6-13-22-20(25)18(23)15-16-7-2-1-3-8-16/h1-5,7-9,12,18H,6,10-11,13-15H2,(H,22,25). The van der Waals surface area contributed by atoms with Crippen LogP contribution in [0.5, 0.6) is 0 Å². The number of amides is 2. The van der Waals surface area contributed by atoms with Crippen LogP contribution >= 0.6 is 0 Å². The Bertz CT molecular complexity index is 703. The molecule has 1 aliphatic rings. The van der Waals surface area contributed by atoms with Crippen molar-refractivity contribution in [3.05, 3.63) is 66.0 Å². The van der Waals surface area contributed by atoms with Crippen LogP contribution in [0.25, 0.3) is 0 Å². The second kappa shape index (κ2) is 8.42. The van der Waals surface area contributed by atoms with Gasteiger partial charge in [0.1, 0.15) is 6.04 Å². The molecule has 5 heteroatoms. The van der Waals surface area contributed by atoms with Gasteiger partial charge in [-0.25, -0.2) is 0 Å². The third kappa shape index (κ3) is 4.66. The van der Waals surface area contributed by atoms with Gasteiger partial charge in [0.05, 0.1) is 0 Å². The molecule has 0 aliphatic carbocycles. The zero-order chi connectivity index (χ0) is 17.5. The van der Waals surface area contributed by atoms with Crippen LogP contribution in [0, 0.1) is 0 Å². The topological polar surface area (TPSA) is 62.3 Å². The quantitative estimate of drug-likeness (QED) is 0.907. The molecule has 1 aliphatic heterocycles. The molecular weight excluding hydrogens is 314 g/mol. The molecule has 2 aromatic rings. The monoisotopic (exact) mass is 337 g/mol. The summed E-state index contributed by atoms with van der Waals surface area (Å²) in [6.07, 6.45) is 4.02. The van der Waals surface area contributed by atoms with Crippen LogP contribution in [-0.4, -0.2) is 40.8 Å². The summed E-state index contributed by atoms with van der Waals surface area (Å²) in [7, 11) is 0. The van der Waals surface area contributed by atoms with E-state index in [0.29, 0.717) is 32.4 Å². The molecule has 2 amide bonds. The third-order valence-corrected chi connectivity index (χ3v) is 4.47. The van der Waals surface area contributed by atoms with Crippen molar-refractivity contribution in [1.82, 2.24) is 15.2 Å². The number of aromatic nitrogens is 1. The van der Waals surface area contributed by atoms with Crippen LogP contribution in [0.1, 0.15) is 24.1 Å². The summed E-state index contributed by atoms with van der Waals surface area (Å²) in [6.45, 7) is 1.23. The number of nitrogens with zero attached hydrogens (tertiary/aromatic N) is 2. The maximum absolute atomic E-state index is 12.8. The van der Waals surface area contributed by atoms with Gasteiger partial charge in [0.15, 0.2) is 0 Å². The Hall–Kier alpha value is -2.69. The van der Waals surface area contributed by atoms with Gasteiger partial charge in [-0.15, -0.1) is 0 Å². The minimum absolute atomic E-state index is 0.0173. The van der Waals surface area contributed by atoms with Crippen LogP contribution in [-0.2, 0) is 22.4 Å². The SMILES string of the molecule is O=C1NCCCN(C(=O)CCc2ccccn2)C1Cc1ccccc1. The maximum atomic E-state index is 12.8. The number of carbonyl (C=O) groups is 2. The normalized spacial score (nSPS) is 17.7. The third-order valence-electron chi connectivity index (χ3n) is 4.47. The molecule has 1 saturated heterocycles. The van der Waals surface area contributed by atoms with Gasteiger partial charge in [0.2, 0.25) is 11.8 Å². The number of rotatable bonds is 5. The first-order valence-electron chi connectivity index (χ1n) is 8.75. The Balaban J connectivity index is 1.70. The van der Waals surface area contributed by atoms with E-state index in [1.165, 1.54) is 0 Å². The minimum atomic E-state index is -0.443. The molecular formula is C20H23N3O2. The summed E-state index contributed by atoms with van der Waals surface area (Å²) in [5, 5.41) is 2.93. The van der Waals surface area contributed by atoms with Gasteiger partial charge >= 0.3 is 0 Å². The van der Waals surface area contributed by atoms with Crippen LogP contribution in [0.4, 0.5) is 0 Å². The highest BCUT2D eigenvalue weighted by molar-refractivity contribution is 5.88. The number of aryl methyl sites for hydroxylation is 1. The van der Waals surface area contributed by atoms with E-state index in [-0.39, 0.29) is 11.8 Å². The molecule has 0 radical (unpaired) electrons. The summed E-state index contributed by atoms with van der Waals surface area (Å²) in [5.41, 5.74) is 1.96. The zero-order valence-electron chi connectivity index (χ0n) is 14.2. The molecule has 0 bridgehead atoms. The summed E-state index contributed by atoms with van der Waals surface area (Å²) in [4.78, 5) is 31.3. The maximum Gasteiger partial charge on any atom is 0.243 e. The molecule has 1 unspecified atom stereocenters. The lowest BCUT2D eigenvalue weighted by molar-refractivity contribution is -0.139. The average molecular weight is 337 g/mol. The smallest absolute Gasteiger partial charge is 0.243 e. The Morgan fingerprint density at radius 3 is 2.72 bits per heavy atom. The fourth-order valence-corrected chi connectivity index (χ4v) is 3.14. The Morgan fingerprint density at radius 2 is 1.96 bits per heavy atom. The van der Waals surface area contributed by atoms with Gasteiger partial charge in [-0.05, 0) is 30.5 Å². The average Bonchev–Trinajstić information content (AvgIpc) is 2.83. The van der Waals surface area contributed by atoms with Gasteiger partial charge in [-0.3, -0.25) is 14.6 Å². The fourth-order valence-electron chi connectivity index (χ4n) is 3.14. The van der Waals surface area contributed by atoms with E-state index < -0.39 is 6.04 Å². The number of pyridine rings is 1. The van der Waals surface area contributed by atoms with E-state index in [4.69, 9.17) is 0 Å². The molecule has 2 heterocycles. The zero-order valence-corrected chi connectivity index (χ0v) is 14.2. The number of carbonyl (C=O) groups excluding carboxylic acids is 2. The Morgan fingerprint density at radius 1 is 1.16 bits per heavy atom. The lowest BCUT2D eigenvalue weighted by Gasteiger charge is -2.28. The first kappa shape index (κ1) is 17.1. The van der Waals surface area contributed by atoms with Gasteiger partial charge in [0, 0.05) is 37.8 Å². The first-order chi connectivity index (χ1) is 12.2. The van der Waals surface area contributed by atoms with Crippen molar-refractivity contribution < 1.29 is 9.59 Å². The molecule has 1 aromatic carbocycles. The van der Waals surface area contributed by atoms with Crippen molar-refractivity contribution in [2.75, 3.05) is 13.1 Å². The first-order valence-corrected chi connectivity index (χ1v) is 8.75. The van der Waals surface area contributed by atoms with E-state index >= 15 is 0 Å². The van der Waals surface area contributed by atoms with E-state index in [1.54, 1.807) is 11.1 Å². The van der Waals surface area contributed by atoms with Gasteiger partial charge in [-0.1, -0.05) is 36.4 Å². The van der Waals surface area contributed by atoms with Gasteiger partial charge < -0.3 is 10.2 Å². The Kier molecular flexibility index (Phi) is 5.77. The molecule has 5 nitrogen and oxygen atoms in total. The second-order valence-corrected chi connectivity index (χ2v) is 6.26. The van der Waals surface area contributed by atoms with Crippen molar-refractivity contribution in [1.29, 1.82) is 0 Å². The molecule has 1 aromatic heterocycles. The highest BCUT2D eigenvalue weighted by Gasteiger charge is 2.31. The molecule has 1 fully saturated rings. The summed E-state index contributed by atoms with van der Waals surface area (Å²) in [5.74, 6) is -0.0452. The van der Waals surface area contributed by atoms with Crippen molar-refractivity contribution in [3.8, 4) is 0 Å². The lowest BCUT2D eigenvalue weighted by Crippen LogP contribution is -2.48. The van der Waals surface area contributed by atoms with Crippen molar-refractivity contribution in [3.63, 3.8) is 0 Å². The number of hydrogen-bond acceptors (Lipinski definition) is 3. The van der Waals surface area contributed by atoms with Crippen molar-refractivity contribution >= 4 is 11.8 Å². The predicted molar refractivity (Wildman–Crippen MR) is 95.8 cm³/mol. The number of benzene rings is 1. The minimum Gasteiger partial charge on any atom is -0.354 e. The van der Waals surface area contributed by atoms with E-state index in [9.17, 15) is 9.59 Å². The number of hydrogen-bond donors (Lipinski definition) is 1. The molecule has 130 valence electrons. The summed E-state index contributed by atoms with van der Waals surface area (Å²) in [6, 6.07) is 15.1. The van der Waals surface area contributed by atoms with Gasteiger partial charge in [-0.2, -0.15) is 0 Å². The van der Waals surface area contributed by atoms with Gasteiger partial charge in [0.25, 0.3) is 0 Å². The lowest BCUT2D eigenvalue weighted by atomic mass is 10.0. The summed E-state index contributed by atoms with van der Waals surface area (Å²) >= 11 is 0.